The van der Waals surface area contributed by atoms with Crippen LogP contribution >= 0.6 is 22.6 Å². The molecule has 0 aliphatic heterocycles. The second kappa shape index (κ2) is 4.65. The van der Waals surface area contributed by atoms with Crippen LogP contribution < -0.4 is 0 Å². The maximum Gasteiger partial charge on any atom is 0.352 e. The van der Waals surface area contributed by atoms with Crippen LogP contribution in [-0.4, -0.2) is 20.6 Å². The summed E-state index contributed by atoms with van der Waals surface area (Å²) in [6.45, 7) is 0.549. The lowest BCUT2D eigenvalue weighted by atomic mass is 10.2. The molecule has 0 radical (unpaired) electrons. The summed E-state index contributed by atoms with van der Waals surface area (Å²) >= 11 is 2.11. The average molecular weight is 328 g/mol. The fourth-order valence-corrected chi connectivity index (χ4v) is 2.10. The molecule has 2 aromatic heterocycles. The molecule has 2 rings (SSSR count). The number of aromatic carboxylic acids is 1. The van der Waals surface area contributed by atoms with Crippen molar-refractivity contribution in [2.75, 3.05) is 0 Å². The van der Waals surface area contributed by atoms with Crippen LogP contribution in [0.3, 0.4) is 0 Å². The molecule has 2 heterocycles. The lowest BCUT2D eigenvalue weighted by Crippen LogP contribution is -2.08. The van der Waals surface area contributed by atoms with Gasteiger partial charge in [0.25, 0.3) is 0 Å². The number of aromatic nitrogens is 2. The predicted molar refractivity (Wildman–Crippen MR) is 67.4 cm³/mol. The molecule has 0 aromatic carbocycles. The molecule has 16 heavy (non-hydrogen) atoms. The number of hydrogen-bond donors (Lipinski definition) is 1. The maximum absolute atomic E-state index is 11.0. The Kier molecular flexibility index (Phi) is 3.23. The standard InChI is InChI=1S/C11H9IN2O2/c12-9-5-10(11(15)16)14(7-9)6-8-1-3-13-4-2-8/h1-5,7H,6H2,(H,15,16). The molecule has 2 aromatic rings. The lowest BCUT2D eigenvalue weighted by Gasteiger charge is -2.05. The van der Waals surface area contributed by atoms with Gasteiger partial charge in [0, 0.05) is 28.7 Å². The molecule has 0 atom stereocenters. The number of carboxylic acid groups (broad SMARTS) is 1. The molecule has 1 N–H and O–H groups in total. The number of hydrogen-bond acceptors (Lipinski definition) is 2. The van der Waals surface area contributed by atoms with E-state index in [0.29, 0.717) is 12.2 Å². The molecule has 0 fully saturated rings. The molecule has 4 nitrogen and oxygen atoms in total. The van der Waals surface area contributed by atoms with Crippen LogP contribution in [-0.2, 0) is 6.54 Å². The zero-order valence-corrected chi connectivity index (χ0v) is 10.5. The van der Waals surface area contributed by atoms with Crippen LogP contribution in [0.4, 0.5) is 0 Å². The second-order valence-electron chi connectivity index (χ2n) is 3.33. The van der Waals surface area contributed by atoms with Crippen molar-refractivity contribution in [1.29, 1.82) is 0 Å². The van der Waals surface area contributed by atoms with Gasteiger partial charge in [-0.2, -0.15) is 0 Å². The third-order valence-electron chi connectivity index (χ3n) is 2.18. The molecule has 0 saturated heterocycles. The van der Waals surface area contributed by atoms with Crippen molar-refractivity contribution in [2.45, 2.75) is 6.54 Å². The highest BCUT2D eigenvalue weighted by Gasteiger charge is 2.11. The van der Waals surface area contributed by atoms with Gasteiger partial charge in [-0.3, -0.25) is 4.98 Å². The molecular formula is C11H9IN2O2. The SMILES string of the molecule is O=C(O)c1cc(I)cn1Cc1ccncc1. The van der Waals surface area contributed by atoms with Crippen LogP contribution in [0.25, 0.3) is 0 Å². The summed E-state index contributed by atoms with van der Waals surface area (Å²) in [5.74, 6) is -0.906. The minimum absolute atomic E-state index is 0.307. The van der Waals surface area contributed by atoms with E-state index in [1.807, 2.05) is 18.3 Å². The Bertz CT molecular complexity index is 508. The normalized spacial score (nSPS) is 10.3. The molecule has 0 bridgehead atoms. The summed E-state index contributed by atoms with van der Waals surface area (Å²) in [5.41, 5.74) is 1.34. The van der Waals surface area contributed by atoms with Gasteiger partial charge in [0.15, 0.2) is 0 Å². The van der Waals surface area contributed by atoms with Gasteiger partial charge in [-0.15, -0.1) is 0 Å². The van der Waals surface area contributed by atoms with Crippen LogP contribution in [0, 0.1) is 3.57 Å². The lowest BCUT2D eigenvalue weighted by molar-refractivity contribution is 0.0685. The zero-order chi connectivity index (χ0) is 11.5. The van der Waals surface area contributed by atoms with Crippen LogP contribution in [0.15, 0.2) is 36.8 Å². The van der Waals surface area contributed by atoms with Gasteiger partial charge in [-0.05, 0) is 46.4 Å². The number of halogens is 1. The molecule has 0 unspecified atom stereocenters. The highest BCUT2D eigenvalue weighted by Crippen LogP contribution is 2.13. The van der Waals surface area contributed by atoms with Crippen molar-refractivity contribution >= 4 is 28.6 Å². The van der Waals surface area contributed by atoms with Gasteiger partial charge in [-0.1, -0.05) is 0 Å². The van der Waals surface area contributed by atoms with Gasteiger partial charge in [-0.25, -0.2) is 4.79 Å². The highest BCUT2D eigenvalue weighted by atomic mass is 127. The molecule has 82 valence electrons. The van der Waals surface area contributed by atoms with Gasteiger partial charge >= 0.3 is 5.97 Å². The fraction of sp³-hybridized carbons (Fsp3) is 0.0909. The average Bonchev–Trinajstić information content (AvgIpc) is 2.61. The van der Waals surface area contributed by atoms with Gasteiger partial charge in [0.1, 0.15) is 5.69 Å². The number of carboxylic acids is 1. The van der Waals surface area contributed by atoms with Crippen LogP contribution in [0.2, 0.25) is 0 Å². The van der Waals surface area contributed by atoms with Crippen molar-refractivity contribution in [3.8, 4) is 0 Å². The summed E-state index contributed by atoms with van der Waals surface area (Å²) < 4.78 is 2.64. The van der Waals surface area contributed by atoms with E-state index in [4.69, 9.17) is 5.11 Å². The van der Waals surface area contributed by atoms with Crippen LogP contribution in [0.5, 0.6) is 0 Å². The van der Waals surface area contributed by atoms with E-state index in [2.05, 4.69) is 27.6 Å². The topological polar surface area (TPSA) is 55.1 Å². The minimum Gasteiger partial charge on any atom is -0.477 e. The quantitative estimate of drug-likeness (QED) is 0.879. The smallest absolute Gasteiger partial charge is 0.352 e. The molecule has 0 aliphatic rings. The summed E-state index contributed by atoms with van der Waals surface area (Å²) in [6, 6.07) is 5.40. The first-order chi connectivity index (χ1) is 7.66. The fourth-order valence-electron chi connectivity index (χ4n) is 1.47. The van der Waals surface area contributed by atoms with Crippen molar-refractivity contribution in [3.63, 3.8) is 0 Å². The number of rotatable bonds is 3. The van der Waals surface area contributed by atoms with E-state index in [9.17, 15) is 4.79 Å². The van der Waals surface area contributed by atoms with E-state index in [-0.39, 0.29) is 0 Å². The molecule has 0 amide bonds. The first kappa shape index (κ1) is 11.1. The molecule has 0 spiro atoms. The summed E-state index contributed by atoms with van der Waals surface area (Å²) in [6.07, 6.45) is 5.22. The van der Waals surface area contributed by atoms with E-state index >= 15 is 0 Å². The van der Waals surface area contributed by atoms with E-state index in [1.165, 1.54) is 0 Å². The molecule has 0 aliphatic carbocycles. The summed E-state index contributed by atoms with van der Waals surface area (Å²) in [7, 11) is 0. The van der Waals surface area contributed by atoms with Crippen LogP contribution in [0.1, 0.15) is 16.1 Å². The number of pyridine rings is 1. The maximum atomic E-state index is 11.0. The van der Waals surface area contributed by atoms with Crippen molar-refractivity contribution < 1.29 is 9.90 Å². The Morgan fingerprint density at radius 3 is 2.75 bits per heavy atom. The van der Waals surface area contributed by atoms with E-state index in [1.54, 1.807) is 23.0 Å². The Balaban J connectivity index is 2.31. The van der Waals surface area contributed by atoms with Crippen molar-refractivity contribution in [2.24, 2.45) is 0 Å². The predicted octanol–water partition coefficient (Wildman–Crippen LogP) is 2.23. The van der Waals surface area contributed by atoms with Crippen molar-refractivity contribution in [3.05, 3.63) is 51.6 Å². The summed E-state index contributed by atoms with van der Waals surface area (Å²) in [5, 5.41) is 9.02. The second-order valence-corrected chi connectivity index (χ2v) is 4.58. The monoisotopic (exact) mass is 328 g/mol. The Labute approximate surface area is 106 Å². The third-order valence-corrected chi connectivity index (χ3v) is 2.77. The van der Waals surface area contributed by atoms with Gasteiger partial charge < -0.3 is 9.67 Å². The first-order valence-electron chi connectivity index (χ1n) is 4.64. The minimum atomic E-state index is -0.906. The highest BCUT2D eigenvalue weighted by molar-refractivity contribution is 14.1. The summed E-state index contributed by atoms with van der Waals surface area (Å²) in [4.78, 5) is 14.9. The Hall–Kier alpha value is -1.37. The Morgan fingerprint density at radius 1 is 1.44 bits per heavy atom. The third kappa shape index (κ3) is 2.41. The number of nitrogens with zero attached hydrogens (tertiary/aromatic N) is 2. The molecule has 0 saturated carbocycles. The largest absolute Gasteiger partial charge is 0.477 e. The number of carbonyl (C=O) groups is 1. The van der Waals surface area contributed by atoms with E-state index < -0.39 is 5.97 Å². The van der Waals surface area contributed by atoms with E-state index in [0.717, 1.165) is 9.13 Å². The molecular weight excluding hydrogens is 319 g/mol. The zero-order valence-electron chi connectivity index (χ0n) is 8.30. The van der Waals surface area contributed by atoms with Crippen molar-refractivity contribution in [1.82, 2.24) is 9.55 Å². The van der Waals surface area contributed by atoms with Gasteiger partial charge in [0.05, 0.1) is 0 Å². The molecule has 5 heteroatoms. The first-order valence-corrected chi connectivity index (χ1v) is 5.72. The Morgan fingerprint density at radius 2 is 2.12 bits per heavy atom. The van der Waals surface area contributed by atoms with Gasteiger partial charge in [0.2, 0.25) is 0 Å².